The van der Waals surface area contributed by atoms with Gasteiger partial charge in [-0.1, -0.05) is 35.5 Å². The van der Waals surface area contributed by atoms with Crippen LogP contribution in [0.2, 0.25) is 0 Å². The van der Waals surface area contributed by atoms with Gasteiger partial charge in [-0.2, -0.15) is 4.98 Å². The average Bonchev–Trinajstić information content (AvgIpc) is 3.35. The highest BCUT2D eigenvalue weighted by Gasteiger charge is 2.31. The van der Waals surface area contributed by atoms with Crippen molar-refractivity contribution in [3.05, 3.63) is 53.6 Å². The molecular weight excluding hydrogens is 312 g/mol. The third kappa shape index (κ3) is 2.75. The number of amides is 1. The normalized spacial score (nSPS) is 17.6. The third-order valence-electron chi connectivity index (χ3n) is 3.96. The van der Waals surface area contributed by atoms with Gasteiger partial charge in [0.1, 0.15) is 10.7 Å². The highest BCUT2D eigenvalue weighted by Crippen LogP contribution is 2.28. The van der Waals surface area contributed by atoms with E-state index in [9.17, 15) is 4.79 Å². The van der Waals surface area contributed by atoms with Crippen LogP contribution < -0.4 is 0 Å². The minimum atomic E-state index is -0.0329. The Morgan fingerprint density at radius 1 is 1.30 bits per heavy atom. The molecule has 1 aliphatic rings. The molecule has 7 heteroatoms. The van der Waals surface area contributed by atoms with Crippen molar-refractivity contribution in [1.82, 2.24) is 20.0 Å². The summed E-state index contributed by atoms with van der Waals surface area (Å²) < 4.78 is 4.78. The second kappa shape index (κ2) is 5.92. The van der Waals surface area contributed by atoms with Gasteiger partial charge in [0.15, 0.2) is 5.82 Å². The second-order valence-electron chi connectivity index (χ2n) is 5.43. The van der Waals surface area contributed by atoms with Crippen molar-refractivity contribution >= 4 is 17.2 Å². The van der Waals surface area contributed by atoms with E-state index in [1.165, 1.54) is 17.7 Å². The number of hydrogen-bond donors (Lipinski definition) is 0. The molecule has 0 bridgehead atoms. The van der Waals surface area contributed by atoms with E-state index in [4.69, 9.17) is 4.52 Å². The maximum Gasteiger partial charge on any atom is 0.273 e. The molecule has 0 saturated carbocycles. The van der Waals surface area contributed by atoms with Crippen LogP contribution >= 0.6 is 11.3 Å². The lowest BCUT2D eigenvalue weighted by Crippen LogP contribution is -2.28. The van der Waals surface area contributed by atoms with E-state index in [0.717, 1.165) is 17.0 Å². The van der Waals surface area contributed by atoms with Crippen LogP contribution in [-0.2, 0) is 0 Å². The summed E-state index contributed by atoms with van der Waals surface area (Å²) in [6.45, 7) is 1.30. The van der Waals surface area contributed by atoms with Gasteiger partial charge < -0.3 is 9.42 Å². The molecule has 2 aromatic heterocycles. The monoisotopic (exact) mass is 326 g/mol. The van der Waals surface area contributed by atoms with Crippen LogP contribution in [0.4, 0.5) is 0 Å². The Kier molecular flexibility index (Phi) is 3.63. The molecule has 1 unspecified atom stereocenters. The minimum absolute atomic E-state index is 0.0329. The molecule has 1 aliphatic heterocycles. The molecule has 1 amide bonds. The van der Waals surface area contributed by atoms with Crippen LogP contribution in [0, 0.1) is 0 Å². The summed E-state index contributed by atoms with van der Waals surface area (Å²) in [7, 11) is 0. The van der Waals surface area contributed by atoms with Crippen molar-refractivity contribution in [2.24, 2.45) is 0 Å². The zero-order valence-corrected chi connectivity index (χ0v) is 13.1. The van der Waals surface area contributed by atoms with Crippen molar-refractivity contribution in [1.29, 1.82) is 0 Å². The van der Waals surface area contributed by atoms with Crippen LogP contribution in [-0.4, -0.2) is 39.0 Å². The molecule has 23 heavy (non-hydrogen) atoms. The summed E-state index contributed by atoms with van der Waals surface area (Å²) in [5.41, 5.74) is 1.53. The molecule has 1 saturated heterocycles. The standard InChI is InChI=1S/C16H14N4O2S/c21-16(20-7-6-12(8-20)14-17-10-22-19-14)13-9-23-15(18-13)11-4-2-1-3-5-11/h1-5,9-10,12H,6-8H2. The Morgan fingerprint density at radius 3 is 2.96 bits per heavy atom. The van der Waals surface area contributed by atoms with Gasteiger partial charge in [-0.3, -0.25) is 4.79 Å². The fourth-order valence-corrected chi connectivity index (χ4v) is 3.56. The van der Waals surface area contributed by atoms with Crippen LogP contribution in [0.25, 0.3) is 10.6 Å². The van der Waals surface area contributed by atoms with Crippen LogP contribution in [0.15, 0.2) is 46.6 Å². The fraction of sp³-hybridized carbons (Fsp3) is 0.250. The van der Waals surface area contributed by atoms with E-state index >= 15 is 0 Å². The van der Waals surface area contributed by atoms with E-state index in [0.29, 0.717) is 24.6 Å². The van der Waals surface area contributed by atoms with Crippen molar-refractivity contribution in [2.45, 2.75) is 12.3 Å². The largest absolute Gasteiger partial charge is 0.343 e. The Balaban J connectivity index is 1.49. The number of rotatable bonds is 3. The number of thiazole rings is 1. The summed E-state index contributed by atoms with van der Waals surface area (Å²) in [5.74, 6) is 0.780. The van der Waals surface area contributed by atoms with E-state index in [1.807, 2.05) is 40.6 Å². The predicted octanol–water partition coefficient (Wildman–Crippen LogP) is 2.82. The van der Waals surface area contributed by atoms with Gasteiger partial charge in [0.25, 0.3) is 5.91 Å². The topological polar surface area (TPSA) is 72.1 Å². The number of aromatic nitrogens is 3. The zero-order valence-electron chi connectivity index (χ0n) is 12.3. The predicted molar refractivity (Wildman–Crippen MR) is 85.1 cm³/mol. The van der Waals surface area contributed by atoms with Crippen molar-refractivity contribution in [3.63, 3.8) is 0 Å². The first-order chi connectivity index (χ1) is 11.3. The lowest BCUT2D eigenvalue weighted by molar-refractivity contribution is 0.0785. The van der Waals surface area contributed by atoms with E-state index in [2.05, 4.69) is 15.1 Å². The minimum Gasteiger partial charge on any atom is -0.343 e. The molecule has 0 aliphatic carbocycles. The van der Waals surface area contributed by atoms with E-state index < -0.39 is 0 Å². The van der Waals surface area contributed by atoms with Gasteiger partial charge in [0.2, 0.25) is 6.39 Å². The van der Waals surface area contributed by atoms with Gasteiger partial charge >= 0.3 is 0 Å². The van der Waals surface area contributed by atoms with E-state index in [1.54, 1.807) is 0 Å². The summed E-state index contributed by atoms with van der Waals surface area (Å²) in [4.78, 5) is 23.0. The zero-order chi connectivity index (χ0) is 15.6. The molecule has 3 aromatic rings. The lowest BCUT2D eigenvalue weighted by Gasteiger charge is -2.14. The van der Waals surface area contributed by atoms with Crippen molar-refractivity contribution in [2.75, 3.05) is 13.1 Å². The lowest BCUT2D eigenvalue weighted by atomic mass is 10.1. The number of carbonyl (C=O) groups excluding carboxylic acids is 1. The van der Waals surface area contributed by atoms with Crippen LogP contribution in [0.5, 0.6) is 0 Å². The van der Waals surface area contributed by atoms with Gasteiger partial charge in [0.05, 0.1) is 0 Å². The van der Waals surface area contributed by atoms with Gasteiger partial charge in [0, 0.05) is 30.0 Å². The highest BCUT2D eigenvalue weighted by molar-refractivity contribution is 7.13. The van der Waals surface area contributed by atoms with Gasteiger partial charge in [-0.15, -0.1) is 11.3 Å². The Morgan fingerprint density at radius 2 is 2.17 bits per heavy atom. The molecule has 3 heterocycles. The highest BCUT2D eigenvalue weighted by atomic mass is 32.1. The van der Waals surface area contributed by atoms with Crippen LogP contribution in [0.1, 0.15) is 28.7 Å². The average molecular weight is 326 g/mol. The van der Waals surface area contributed by atoms with Crippen molar-refractivity contribution in [3.8, 4) is 10.6 Å². The first-order valence-electron chi connectivity index (χ1n) is 7.38. The molecule has 0 radical (unpaired) electrons. The Hall–Kier alpha value is -2.54. The molecule has 4 rings (SSSR count). The molecule has 0 N–H and O–H groups in total. The van der Waals surface area contributed by atoms with E-state index in [-0.39, 0.29) is 11.8 Å². The summed E-state index contributed by atoms with van der Waals surface area (Å²) in [6, 6.07) is 9.89. The smallest absolute Gasteiger partial charge is 0.273 e. The van der Waals surface area contributed by atoms with Crippen molar-refractivity contribution < 1.29 is 9.32 Å². The number of benzene rings is 1. The summed E-state index contributed by atoms with van der Waals surface area (Å²) in [6.07, 6.45) is 2.17. The first kappa shape index (κ1) is 14.1. The molecule has 1 fully saturated rings. The number of likely N-dealkylation sites (tertiary alicyclic amines) is 1. The molecule has 1 aromatic carbocycles. The Bertz CT molecular complexity index is 801. The number of nitrogens with zero attached hydrogens (tertiary/aromatic N) is 4. The molecule has 1 atom stereocenters. The first-order valence-corrected chi connectivity index (χ1v) is 8.26. The quantitative estimate of drug-likeness (QED) is 0.740. The third-order valence-corrected chi connectivity index (χ3v) is 4.85. The molecular formula is C16H14N4O2S. The number of carbonyl (C=O) groups is 1. The maximum absolute atomic E-state index is 12.6. The molecule has 0 spiro atoms. The number of hydrogen-bond acceptors (Lipinski definition) is 6. The van der Waals surface area contributed by atoms with Crippen LogP contribution in [0.3, 0.4) is 0 Å². The van der Waals surface area contributed by atoms with Gasteiger partial charge in [-0.05, 0) is 6.42 Å². The second-order valence-corrected chi connectivity index (χ2v) is 6.29. The maximum atomic E-state index is 12.6. The van der Waals surface area contributed by atoms with Gasteiger partial charge in [-0.25, -0.2) is 4.98 Å². The summed E-state index contributed by atoms with van der Waals surface area (Å²) in [5, 5.41) is 6.56. The fourth-order valence-electron chi connectivity index (χ4n) is 2.76. The SMILES string of the molecule is O=C(c1csc(-c2ccccc2)n1)N1CCC(c2ncon2)C1. The Labute approximate surface area is 136 Å². The molecule has 116 valence electrons. The summed E-state index contributed by atoms with van der Waals surface area (Å²) >= 11 is 1.49. The molecule has 6 nitrogen and oxygen atoms in total.